The average Bonchev–Trinajstić information content (AvgIpc) is 3.38. The quantitative estimate of drug-likeness (QED) is 0.829. The first kappa shape index (κ1) is 16.7. The van der Waals surface area contributed by atoms with Crippen LogP contribution >= 0.6 is 0 Å². The van der Waals surface area contributed by atoms with Gasteiger partial charge in [0.25, 0.3) is 0 Å². The zero-order valence-electron chi connectivity index (χ0n) is 14.7. The predicted molar refractivity (Wildman–Crippen MR) is 99.1 cm³/mol. The largest absolute Gasteiger partial charge is 0.325 e. The molecule has 0 radical (unpaired) electrons. The second-order valence-corrected chi connectivity index (χ2v) is 6.97. The van der Waals surface area contributed by atoms with Crippen LogP contribution in [0.4, 0.5) is 5.69 Å². The van der Waals surface area contributed by atoms with Gasteiger partial charge in [-0.15, -0.1) is 0 Å². The summed E-state index contributed by atoms with van der Waals surface area (Å²) in [6.07, 6.45) is 2.47. The molecule has 0 aliphatic heterocycles. The van der Waals surface area contributed by atoms with Crippen molar-refractivity contribution in [3.05, 3.63) is 65.2 Å². The van der Waals surface area contributed by atoms with Crippen LogP contribution in [0, 0.1) is 19.8 Å². The lowest BCUT2D eigenvalue weighted by atomic mass is 10.00. The van der Waals surface area contributed by atoms with Gasteiger partial charge in [0.2, 0.25) is 5.91 Å². The zero-order chi connectivity index (χ0) is 17.1. The summed E-state index contributed by atoms with van der Waals surface area (Å²) in [6, 6.07) is 16.6. The SMILES string of the molecule is Cc1ccc(C(NC(C)C(=O)Nc2cccc(C)c2)C2CC2)cc1. The van der Waals surface area contributed by atoms with Crippen LogP contribution in [0.2, 0.25) is 0 Å². The fourth-order valence-electron chi connectivity index (χ4n) is 3.03. The van der Waals surface area contributed by atoms with Crippen molar-refractivity contribution in [3.8, 4) is 0 Å². The highest BCUT2D eigenvalue weighted by molar-refractivity contribution is 5.94. The van der Waals surface area contributed by atoms with E-state index in [9.17, 15) is 4.79 Å². The number of hydrogen-bond donors (Lipinski definition) is 2. The van der Waals surface area contributed by atoms with E-state index < -0.39 is 0 Å². The number of anilines is 1. The van der Waals surface area contributed by atoms with Crippen molar-refractivity contribution in [3.63, 3.8) is 0 Å². The highest BCUT2D eigenvalue weighted by Gasteiger charge is 2.34. The van der Waals surface area contributed by atoms with Crippen LogP contribution in [0.25, 0.3) is 0 Å². The number of hydrogen-bond acceptors (Lipinski definition) is 2. The topological polar surface area (TPSA) is 41.1 Å². The van der Waals surface area contributed by atoms with Crippen molar-refractivity contribution in [2.75, 3.05) is 5.32 Å². The van der Waals surface area contributed by atoms with Gasteiger partial charge in [-0.2, -0.15) is 0 Å². The molecule has 24 heavy (non-hydrogen) atoms. The Bertz CT molecular complexity index is 704. The van der Waals surface area contributed by atoms with E-state index >= 15 is 0 Å². The number of carbonyl (C=O) groups excluding carboxylic acids is 1. The first-order chi connectivity index (χ1) is 11.5. The first-order valence-corrected chi connectivity index (χ1v) is 8.73. The number of rotatable bonds is 6. The minimum absolute atomic E-state index is 0.0124. The smallest absolute Gasteiger partial charge is 0.241 e. The Morgan fingerprint density at radius 3 is 2.38 bits per heavy atom. The van der Waals surface area contributed by atoms with Crippen LogP contribution in [0.15, 0.2) is 48.5 Å². The Labute approximate surface area is 144 Å². The van der Waals surface area contributed by atoms with Crippen molar-refractivity contribution in [2.24, 2.45) is 5.92 Å². The van der Waals surface area contributed by atoms with E-state index in [-0.39, 0.29) is 18.0 Å². The summed E-state index contributed by atoms with van der Waals surface area (Å²) in [5.74, 6) is 0.653. The number of aryl methyl sites for hydroxylation is 2. The molecule has 126 valence electrons. The summed E-state index contributed by atoms with van der Waals surface area (Å²) in [7, 11) is 0. The lowest BCUT2D eigenvalue weighted by molar-refractivity contribution is -0.118. The Morgan fingerprint density at radius 2 is 1.75 bits per heavy atom. The highest BCUT2D eigenvalue weighted by Crippen LogP contribution is 2.41. The standard InChI is InChI=1S/C21H26N2O/c1-14-7-9-17(10-8-14)20(18-11-12-18)22-16(3)21(24)23-19-6-4-5-15(2)13-19/h4-10,13,16,18,20,22H,11-12H2,1-3H3,(H,23,24). The van der Waals surface area contributed by atoms with E-state index in [0.717, 1.165) is 11.3 Å². The molecule has 3 heteroatoms. The maximum atomic E-state index is 12.5. The number of carbonyl (C=O) groups is 1. The second kappa shape index (κ2) is 7.18. The van der Waals surface area contributed by atoms with Gasteiger partial charge in [-0.1, -0.05) is 42.0 Å². The van der Waals surface area contributed by atoms with E-state index in [2.05, 4.69) is 41.8 Å². The van der Waals surface area contributed by atoms with Gasteiger partial charge in [-0.05, 0) is 62.8 Å². The van der Waals surface area contributed by atoms with Crippen LogP contribution in [-0.2, 0) is 4.79 Å². The van der Waals surface area contributed by atoms with Crippen LogP contribution in [0.3, 0.4) is 0 Å². The normalized spacial score (nSPS) is 16.5. The van der Waals surface area contributed by atoms with Crippen LogP contribution in [-0.4, -0.2) is 11.9 Å². The second-order valence-electron chi connectivity index (χ2n) is 6.97. The molecule has 2 atom stereocenters. The zero-order valence-corrected chi connectivity index (χ0v) is 14.7. The van der Waals surface area contributed by atoms with Gasteiger partial charge in [0.15, 0.2) is 0 Å². The van der Waals surface area contributed by atoms with Crippen LogP contribution in [0.5, 0.6) is 0 Å². The van der Waals surface area contributed by atoms with Crippen molar-refractivity contribution in [2.45, 2.75) is 45.7 Å². The predicted octanol–water partition coefficient (Wildman–Crippen LogP) is 4.37. The van der Waals surface area contributed by atoms with Crippen LogP contribution < -0.4 is 10.6 Å². The molecule has 1 aliphatic carbocycles. The monoisotopic (exact) mass is 322 g/mol. The summed E-state index contributed by atoms with van der Waals surface area (Å²) in [5, 5.41) is 6.54. The first-order valence-electron chi connectivity index (χ1n) is 8.73. The van der Waals surface area contributed by atoms with Crippen molar-refractivity contribution in [1.82, 2.24) is 5.32 Å². The molecule has 3 nitrogen and oxygen atoms in total. The van der Waals surface area contributed by atoms with E-state index in [1.807, 2.05) is 38.1 Å². The minimum Gasteiger partial charge on any atom is -0.325 e. The number of benzene rings is 2. The Hall–Kier alpha value is -2.13. The van der Waals surface area contributed by atoms with Gasteiger partial charge in [0, 0.05) is 11.7 Å². The van der Waals surface area contributed by atoms with Gasteiger partial charge < -0.3 is 5.32 Å². The van der Waals surface area contributed by atoms with Gasteiger partial charge in [0.1, 0.15) is 0 Å². The fraction of sp³-hybridized carbons (Fsp3) is 0.381. The Balaban J connectivity index is 1.66. The van der Waals surface area contributed by atoms with Crippen LogP contribution in [0.1, 0.15) is 42.5 Å². The molecule has 0 aromatic heterocycles. The van der Waals surface area contributed by atoms with Gasteiger partial charge in [-0.25, -0.2) is 0 Å². The van der Waals surface area contributed by atoms with E-state index in [1.54, 1.807) is 0 Å². The molecule has 0 bridgehead atoms. The maximum absolute atomic E-state index is 12.5. The highest BCUT2D eigenvalue weighted by atomic mass is 16.2. The summed E-state index contributed by atoms with van der Waals surface area (Å²) >= 11 is 0. The van der Waals surface area contributed by atoms with Gasteiger partial charge >= 0.3 is 0 Å². The molecule has 0 saturated heterocycles. The molecule has 0 spiro atoms. The molecule has 2 unspecified atom stereocenters. The molecule has 0 heterocycles. The third kappa shape index (κ3) is 4.24. The Kier molecular flexibility index (Phi) is 5.00. The molecule has 3 rings (SSSR count). The van der Waals surface area contributed by atoms with Gasteiger partial charge in [-0.3, -0.25) is 10.1 Å². The lowest BCUT2D eigenvalue weighted by Crippen LogP contribution is -2.40. The molecule has 1 saturated carbocycles. The average molecular weight is 322 g/mol. The molecule has 2 aromatic carbocycles. The lowest BCUT2D eigenvalue weighted by Gasteiger charge is -2.23. The van der Waals surface area contributed by atoms with E-state index in [0.29, 0.717) is 5.92 Å². The van der Waals surface area contributed by atoms with Crippen molar-refractivity contribution >= 4 is 11.6 Å². The number of amides is 1. The maximum Gasteiger partial charge on any atom is 0.241 e. The van der Waals surface area contributed by atoms with E-state index in [4.69, 9.17) is 0 Å². The Morgan fingerprint density at radius 1 is 1.04 bits per heavy atom. The summed E-state index contributed by atoms with van der Waals surface area (Å²) in [5.41, 5.74) is 4.53. The molecule has 2 N–H and O–H groups in total. The minimum atomic E-state index is -0.239. The van der Waals surface area contributed by atoms with Crippen molar-refractivity contribution < 1.29 is 4.79 Å². The summed E-state index contributed by atoms with van der Waals surface area (Å²) < 4.78 is 0. The fourth-order valence-corrected chi connectivity index (χ4v) is 3.03. The number of nitrogens with one attached hydrogen (secondary N) is 2. The molecule has 1 aliphatic rings. The molecule has 1 fully saturated rings. The van der Waals surface area contributed by atoms with Crippen molar-refractivity contribution in [1.29, 1.82) is 0 Å². The molecular weight excluding hydrogens is 296 g/mol. The summed E-state index contributed by atoms with van der Waals surface area (Å²) in [4.78, 5) is 12.5. The third-order valence-electron chi connectivity index (χ3n) is 4.64. The molecule has 1 amide bonds. The molecule has 2 aromatic rings. The van der Waals surface area contributed by atoms with Gasteiger partial charge in [0.05, 0.1) is 6.04 Å². The third-order valence-corrected chi connectivity index (χ3v) is 4.64. The van der Waals surface area contributed by atoms with E-state index in [1.165, 1.54) is 24.0 Å². The summed E-state index contributed by atoms with van der Waals surface area (Å²) in [6.45, 7) is 6.06. The molecular formula is C21H26N2O.